The van der Waals surface area contributed by atoms with Crippen LogP contribution in [0.3, 0.4) is 0 Å². The highest BCUT2D eigenvalue weighted by atomic mass is 16.5. The number of rotatable bonds is 5. The van der Waals surface area contributed by atoms with Gasteiger partial charge < -0.3 is 10.5 Å². The Bertz CT molecular complexity index is 402. The zero-order chi connectivity index (χ0) is 12.9. The number of esters is 1. The molecular weight excluding hydrogens is 218 g/mol. The Balaban J connectivity index is 3.28. The number of primary amides is 1. The van der Waals surface area contributed by atoms with Crippen LogP contribution in [0.5, 0.6) is 0 Å². The second-order valence-corrected chi connectivity index (χ2v) is 3.71. The van der Waals surface area contributed by atoms with Gasteiger partial charge in [0.1, 0.15) is 0 Å². The van der Waals surface area contributed by atoms with Crippen molar-refractivity contribution in [3.05, 3.63) is 35.9 Å². The molecule has 0 aromatic heterocycles. The number of hydrogen-bond acceptors (Lipinski definition) is 3. The second kappa shape index (κ2) is 5.48. The Morgan fingerprint density at radius 3 is 2.24 bits per heavy atom. The molecule has 0 spiro atoms. The Hall–Kier alpha value is -1.84. The monoisotopic (exact) mass is 235 g/mol. The molecule has 1 amide bonds. The summed E-state index contributed by atoms with van der Waals surface area (Å²) in [6, 6.07) is 8.77. The number of nitrogens with two attached hydrogens (primary N) is 1. The standard InChI is InChI=1S/C13H17NO3/c1-3-13(11(14)15,12(16)17-4-2)10-8-6-5-7-9-10/h5-9H,3-4H2,1-2H3,(H2,14,15). The molecule has 1 unspecified atom stereocenters. The van der Waals surface area contributed by atoms with E-state index in [1.165, 1.54) is 0 Å². The van der Waals surface area contributed by atoms with E-state index in [0.717, 1.165) is 0 Å². The number of hydrogen-bond donors (Lipinski definition) is 1. The first kappa shape index (κ1) is 13.2. The molecule has 1 aromatic carbocycles. The topological polar surface area (TPSA) is 69.4 Å². The highest BCUT2D eigenvalue weighted by Crippen LogP contribution is 2.29. The number of carbonyl (C=O) groups excluding carboxylic acids is 2. The fourth-order valence-corrected chi connectivity index (χ4v) is 1.86. The van der Waals surface area contributed by atoms with Crippen LogP contribution in [-0.2, 0) is 19.7 Å². The molecule has 2 N–H and O–H groups in total. The quantitative estimate of drug-likeness (QED) is 0.619. The van der Waals surface area contributed by atoms with Gasteiger partial charge in [0.15, 0.2) is 5.41 Å². The van der Waals surface area contributed by atoms with Crippen LogP contribution < -0.4 is 5.73 Å². The van der Waals surface area contributed by atoms with Crippen molar-refractivity contribution in [2.24, 2.45) is 5.73 Å². The minimum atomic E-state index is -1.38. The van der Waals surface area contributed by atoms with Crippen LogP contribution in [0.4, 0.5) is 0 Å². The molecule has 0 radical (unpaired) electrons. The first-order valence-corrected chi connectivity index (χ1v) is 5.62. The van der Waals surface area contributed by atoms with Gasteiger partial charge in [-0.1, -0.05) is 37.3 Å². The first-order chi connectivity index (χ1) is 8.09. The number of carbonyl (C=O) groups is 2. The molecule has 17 heavy (non-hydrogen) atoms. The van der Waals surface area contributed by atoms with Gasteiger partial charge in [-0.2, -0.15) is 0 Å². The lowest BCUT2D eigenvalue weighted by atomic mass is 9.77. The summed E-state index contributed by atoms with van der Waals surface area (Å²) in [7, 11) is 0. The zero-order valence-corrected chi connectivity index (χ0v) is 10.1. The van der Waals surface area contributed by atoms with Gasteiger partial charge in [0, 0.05) is 0 Å². The summed E-state index contributed by atoms with van der Waals surface area (Å²) in [6.45, 7) is 3.67. The SMILES string of the molecule is CCOC(=O)C(CC)(C(N)=O)c1ccccc1. The van der Waals surface area contributed by atoms with Crippen molar-refractivity contribution in [1.82, 2.24) is 0 Å². The predicted molar refractivity (Wildman–Crippen MR) is 64.2 cm³/mol. The molecule has 92 valence electrons. The molecule has 0 heterocycles. The van der Waals surface area contributed by atoms with E-state index in [4.69, 9.17) is 10.5 Å². The lowest BCUT2D eigenvalue weighted by Crippen LogP contribution is -2.48. The average molecular weight is 235 g/mol. The maximum Gasteiger partial charge on any atom is 0.326 e. The van der Waals surface area contributed by atoms with E-state index in [1.54, 1.807) is 38.1 Å². The third-order valence-electron chi connectivity index (χ3n) is 2.84. The maximum absolute atomic E-state index is 12.0. The second-order valence-electron chi connectivity index (χ2n) is 3.71. The van der Waals surface area contributed by atoms with Crippen LogP contribution in [-0.4, -0.2) is 18.5 Å². The minimum Gasteiger partial charge on any atom is -0.465 e. The third-order valence-corrected chi connectivity index (χ3v) is 2.84. The molecule has 0 saturated carbocycles. The maximum atomic E-state index is 12.0. The normalized spacial score (nSPS) is 13.8. The Morgan fingerprint density at radius 2 is 1.82 bits per heavy atom. The summed E-state index contributed by atoms with van der Waals surface area (Å²) in [6.07, 6.45) is 0.283. The third kappa shape index (κ3) is 2.30. The van der Waals surface area contributed by atoms with E-state index >= 15 is 0 Å². The lowest BCUT2D eigenvalue weighted by molar-refractivity contribution is -0.154. The van der Waals surface area contributed by atoms with E-state index in [1.807, 2.05) is 6.07 Å². The molecule has 1 rings (SSSR count). The van der Waals surface area contributed by atoms with E-state index in [2.05, 4.69) is 0 Å². The van der Waals surface area contributed by atoms with Gasteiger partial charge in [-0.25, -0.2) is 0 Å². The van der Waals surface area contributed by atoms with Gasteiger partial charge in [-0.15, -0.1) is 0 Å². The molecule has 1 aromatic rings. The summed E-state index contributed by atoms with van der Waals surface area (Å²) in [5, 5.41) is 0. The van der Waals surface area contributed by atoms with Crippen molar-refractivity contribution < 1.29 is 14.3 Å². The summed E-state index contributed by atoms with van der Waals surface area (Å²) in [5.41, 5.74) is 4.61. The fourth-order valence-electron chi connectivity index (χ4n) is 1.86. The molecule has 4 nitrogen and oxygen atoms in total. The van der Waals surface area contributed by atoms with Gasteiger partial charge in [0.05, 0.1) is 6.61 Å². The molecule has 0 aliphatic carbocycles. The summed E-state index contributed by atoms with van der Waals surface area (Å²) < 4.78 is 4.97. The molecule has 0 fully saturated rings. The van der Waals surface area contributed by atoms with Crippen LogP contribution >= 0.6 is 0 Å². The van der Waals surface area contributed by atoms with Crippen LogP contribution in [0, 0.1) is 0 Å². The summed E-state index contributed by atoms with van der Waals surface area (Å²) in [4.78, 5) is 23.7. The molecular formula is C13H17NO3. The number of amides is 1. The molecule has 0 bridgehead atoms. The molecule has 0 aliphatic heterocycles. The molecule has 0 saturated heterocycles. The Kier molecular flexibility index (Phi) is 4.26. The van der Waals surface area contributed by atoms with Crippen LogP contribution in [0.2, 0.25) is 0 Å². The lowest BCUT2D eigenvalue weighted by Gasteiger charge is -2.27. The van der Waals surface area contributed by atoms with Crippen molar-refractivity contribution in [1.29, 1.82) is 0 Å². The predicted octanol–water partition coefficient (Wildman–Crippen LogP) is 1.38. The largest absolute Gasteiger partial charge is 0.465 e. The van der Waals surface area contributed by atoms with Gasteiger partial charge >= 0.3 is 5.97 Å². The van der Waals surface area contributed by atoms with Crippen molar-refractivity contribution in [2.45, 2.75) is 25.7 Å². The highest BCUT2D eigenvalue weighted by Gasteiger charge is 2.45. The smallest absolute Gasteiger partial charge is 0.326 e. The number of benzene rings is 1. The highest BCUT2D eigenvalue weighted by molar-refractivity contribution is 6.08. The molecule has 1 atom stereocenters. The fraction of sp³-hybridized carbons (Fsp3) is 0.385. The average Bonchev–Trinajstić information content (AvgIpc) is 2.32. The Morgan fingerprint density at radius 1 is 1.24 bits per heavy atom. The first-order valence-electron chi connectivity index (χ1n) is 5.62. The van der Waals surface area contributed by atoms with E-state index < -0.39 is 17.3 Å². The van der Waals surface area contributed by atoms with Crippen molar-refractivity contribution in [3.63, 3.8) is 0 Å². The van der Waals surface area contributed by atoms with E-state index in [9.17, 15) is 9.59 Å². The van der Waals surface area contributed by atoms with Crippen molar-refractivity contribution in [2.75, 3.05) is 6.61 Å². The van der Waals surface area contributed by atoms with Crippen molar-refractivity contribution >= 4 is 11.9 Å². The molecule has 4 heteroatoms. The summed E-state index contributed by atoms with van der Waals surface area (Å²) >= 11 is 0. The van der Waals surface area contributed by atoms with E-state index in [0.29, 0.717) is 5.56 Å². The molecule has 0 aliphatic rings. The van der Waals surface area contributed by atoms with Gasteiger partial charge in [-0.05, 0) is 18.9 Å². The van der Waals surface area contributed by atoms with E-state index in [-0.39, 0.29) is 13.0 Å². The number of ether oxygens (including phenoxy) is 1. The minimum absolute atomic E-state index is 0.223. The van der Waals surface area contributed by atoms with Crippen molar-refractivity contribution in [3.8, 4) is 0 Å². The van der Waals surface area contributed by atoms with Gasteiger partial charge in [0.25, 0.3) is 0 Å². The zero-order valence-electron chi connectivity index (χ0n) is 10.1. The van der Waals surface area contributed by atoms with Gasteiger partial charge in [-0.3, -0.25) is 9.59 Å². The van der Waals surface area contributed by atoms with Crippen LogP contribution in [0.15, 0.2) is 30.3 Å². The van der Waals surface area contributed by atoms with Crippen LogP contribution in [0.25, 0.3) is 0 Å². The summed E-state index contributed by atoms with van der Waals surface area (Å²) in [5.74, 6) is -1.26. The van der Waals surface area contributed by atoms with Gasteiger partial charge in [0.2, 0.25) is 5.91 Å². The van der Waals surface area contributed by atoms with Crippen LogP contribution in [0.1, 0.15) is 25.8 Å². The Labute approximate surface area is 101 Å².